The second-order valence-corrected chi connectivity index (χ2v) is 4.17. The van der Waals surface area contributed by atoms with Crippen molar-refractivity contribution in [1.82, 2.24) is 5.32 Å². The number of phenolic OH excluding ortho intramolecular Hbond substituents is 1. The Kier molecular flexibility index (Phi) is 4.76. The first-order valence-electron chi connectivity index (χ1n) is 5.72. The smallest absolute Gasteiger partial charge is 0.216 e. The zero-order valence-corrected chi connectivity index (χ0v) is 10.6. The lowest BCUT2D eigenvalue weighted by atomic mass is 10.0. The van der Waals surface area contributed by atoms with Gasteiger partial charge in [-0.25, -0.2) is 0 Å². The average molecular weight is 233 g/mol. The number of nitrogens with one attached hydrogen (secondary N) is 1. The predicted octanol–water partition coefficient (Wildman–Crippen LogP) is 2.55. The molecule has 17 heavy (non-hydrogen) atoms. The summed E-state index contributed by atoms with van der Waals surface area (Å²) in [6, 6.07) is 3.50. The summed E-state index contributed by atoms with van der Waals surface area (Å²) in [6.07, 6.45) is 4.87. The molecule has 0 heterocycles. The normalized spacial score (nSPS) is 10.8. The minimum absolute atomic E-state index is 0.00426. The van der Waals surface area contributed by atoms with Gasteiger partial charge in [-0.05, 0) is 49.1 Å². The van der Waals surface area contributed by atoms with E-state index in [4.69, 9.17) is 0 Å². The molecule has 1 rings (SSSR count). The van der Waals surface area contributed by atoms with Crippen LogP contribution in [0.25, 0.3) is 6.08 Å². The van der Waals surface area contributed by atoms with Crippen molar-refractivity contribution in [3.05, 3.63) is 34.9 Å². The van der Waals surface area contributed by atoms with Crippen molar-refractivity contribution in [2.45, 2.75) is 27.2 Å². The molecule has 3 nitrogen and oxygen atoms in total. The SMILES string of the molecule is CC(=O)NCCC=Cc1c(C)cc(O)cc1C. The molecule has 0 aromatic heterocycles. The van der Waals surface area contributed by atoms with Crippen LogP contribution < -0.4 is 5.32 Å². The highest BCUT2D eigenvalue weighted by Gasteiger charge is 2.00. The van der Waals surface area contributed by atoms with E-state index >= 15 is 0 Å². The minimum Gasteiger partial charge on any atom is -0.508 e. The quantitative estimate of drug-likeness (QED) is 0.785. The topological polar surface area (TPSA) is 49.3 Å². The van der Waals surface area contributed by atoms with Crippen LogP contribution in [0, 0.1) is 13.8 Å². The second-order valence-electron chi connectivity index (χ2n) is 4.17. The van der Waals surface area contributed by atoms with Crippen LogP contribution in [0.3, 0.4) is 0 Å². The van der Waals surface area contributed by atoms with Crippen molar-refractivity contribution in [2.24, 2.45) is 0 Å². The van der Waals surface area contributed by atoms with Crippen LogP contribution >= 0.6 is 0 Å². The summed E-state index contributed by atoms with van der Waals surface area (Å²) in [6.45, 7) is 6.11. The maximum absolute atomic E-state index is 10.7. The van der Waals surface area contributed by atoms with Gasteiger partial charge in [-0.2, -0.15) is 0 Å². The van der Waals surface area contributed by atoms with Gasteiger partial charge in [-0.3, -0.25) is 4.79 Å². The number of rotatable bonds is 4. The molecule has 1 amide bonds. The predicted molar refractivity (Wildman–Crippen MR) is 69.9 cm³/mol. The molecule has 0 fully saturated rings. The number of aromatic hydroxyl groups is 1. The van der Waals surface area contributed by atoms with Crippen LogP contribution in [-0.2, 0) is 4.79 Å². The maximum Gasteiger partial charge on any atom is 0.216 e. The van der Waals surface area contributed by atoms with Gasteiger partial charge in [0.05, 0.1) is 0 Å². The van der Waals surface area contributed by atoms with Gasteiger partial charge in [-0.1, -0.05) is 12.2 Å². The summed E-state index contributed by atoms with van der Waals surface area (Å²) in [4.78, 5) is 10.7. The molecule has 0 bridgehead atoms. The van der Waals surface area contributed by atoms with E-state index in [0.717, 1.165) is 23.1 Å². The van der Waals surface area contributed by atoms with Crippen LogP contribution in [-0.4, -0.2) is 17.6 Å². The summed E-state index contributed by atoms with van der Waals surface area (Å²) in [5, 5.41) is 12.2. The van der Waals surface area contributed by atoms with Crippen molar-refractivity contribution < 1.29 is 9.90 Å². The fourth-order valence-corrected chi connectivity index (χ4v) is 1.75. The highest BCUT2D eigenvalue weighted by molar-refractivity contribution is 5.72. The Bertz CT molecular complexity index is 413. The van der Waals surface area contributed by atoms with Crippen LogP contribution in [0.1, 0.15) is 30.0 Å². The lowest BCUT2D eigenvalue weighted by molar-refractivity contribution is -0.118. The fourth-order valence-electron chi connectivity index (χ4n) is 1.75. The number of carbonyl (C=O) groups is 1. The van der Waals surface area contributed by atoms with E-state index in [9.17, 15) is 9.90 Å². The zero-order chi connectivity index (χ0) is 12.8. The Morgan fingerprint density at radius 2 is 1.94 bits per heavy atom. The fraction of sp³-hybridized carbons (Fsp3) is 0.357. The van der Waals surface area contributed by atoms with Gasteiger partial charge in [0, 0.05) is 13.5 Å². The van der Waals surface area contributed by atoms with Crippen molar-refractivity contribution in [2.75, 3.05) is 6.54 Å². The Labute approximate surface area is 102 Å². The number of aryl methyl sites for hydroxylation is 2. The van der Waals surface area contributed by atoms with Crippen molar-refractivity contribution in [3.63, 3.8) is 0 Å². The molecule has 0 saturated carbocycles. The van der Waals surface area contributed by atoms with E-state index in [1.807, 2.05) is 26.0 Å². The number of hydrogen-bond donors (Lipinski definition) is 2. The van der Waals surface area contributed by atoms with Crippen molar-refractivity contribution in [3.8, 4) is 5.75 Å². The molecule has 3 heteroatoms. The molecule has 1 aromatic rings. The molecule has 1 aromatic carbocycles. The monoisotopic (exact) mass is 233 g/mol. The number of hydrogen-bond acceptors (Lipinski definition) is 2. The first-order chi connectivity index (χ1) is 8.00. The Morgan fingerprint density at radius 1 is 1.35 bits per heavy atom. The van der Waals surface area contributed by atoms with Gasteiger partial charge in [0.1, 0.15) is 5.75 Å². The van der Waals surface area contributed by atoms with Crippen molar-refractivity contribution >= 4 is 12.0 Å². The standard InChI is InChI=1S/C14H19NO2/c1-10-8-13(17)9-11(2)14(10)6-4-5-7-15-12(3)16/h4,6,8-9,17H,5,7H2,1-3H3,(H,15,16). The summed E-state index contributed by atoms with van der Waals surface area (Å²) < 4.78 is 0. The number of benzene rings is 1. The molecule has 0 unspecified atom stereocenters. The molecule has 0 radical (unpaired) electrons. The van der Waals surface area contributed by atoms with Crippen molar-refractivity contribution in [1.29, 1.82) is 0 Å². The van der Waals surface area contributed by atoms with Crippen LogP contribution in [0.4, 0.5) is 0 Å². The van der Waals surface area contributed by atoms with Crippen LogP contribution in [0.5, 0.6) is 5.75 Å². The first-order valence-corrected chi connectivity index (χ1v) is 5.72. The first kappa shape index (κ1) is 13.3. The molecule has 0 aliphatic heterocycles. The Balaban J connectivity index is 2.62. The minimum atomic E-state index is -0.00426. The van der Waals surface area contributed by atoms with Gasteiger partial charge in [-0.15, -0.1) is 0 Å². The van der Waals surface area contributed by atoms with Gasteiger partial charge >= 0.3 is 0 Å². The van der Waals surface area contributed by atoms with Crippen LogP contribution in [0.2, 0.25) is 0 Å². The summed E-state index contributed by atoms with van der Waals surface area (Å²) >= 11 is 0. The lowest BCUT2D eigenvalue weighted by Crippen LogP contribution is -2.20. The molecule has 92 valence electrons. The molecule has 0 atom stereocenters. The number of amides is 1. The van der Waals surface area contributed by atoms with Gasteiger partial charge in [0.2, 0.25) is 5.91 Å². The molecule has 0 aliphatic rings. The molecule has 0 spiro atoms. The van der Waals surface area contributed by atoms with E-state index in [-0.39, 0.29) is 5.91 Å². The Hall–Kier alpha value is -1.77. The van der Waals surface area contributed by atoms with E-state index < -0.39 is 0 Å². The molecule has 2 N–H and O–H groups in total. The third kappa shape index (κ3) is 4.31. The average Bonchev–Trinajstić information content (AvgIpc) is 2.20. The van der Waals surface area contributed by atoms with Crippen LogP contribution in [0.15, 0.2) is 18.2 Å². The molecule has 0 aliphatic carbocycles. The van der Waals surface area contributed by atoms with Gasteiger partial charge < -0.3 is 10.4 Å². The lowest BCUT2D eigenvalue weighted by Gasteiger charge is -2.06. The third-order valence-corrected chi connectivity index (χ3v) is 2.55. The maximum atomic E-state index is 10.7. The van der Waals surface area contributed by atoms with Gasteiger partial charge in [0.15, 0.2) is 0 Å². The van der Waals surface area contributed by atoms with E-state index in [1.54, 1.807) is 12.1 Å². The Morgan fingerprint density at radius 3 is 2.47 bits per heavy atom. The zero-order valence-electron chi connectivity index (χ0n) is 10.6. The highest BCUT2D eigenvalue weighted by Crippen LogP contribution is 2.21. The highest BCUT2D eigenvalue weighted by atomic mass is 16.3. The largest absolute Gasteiger partial charge is 0.508 e. The molecular weight excluding hydrogens is 214 g/mol. The summed E-state index contributed by atoms with van der Waals surface area (Å²) in [7, 11) is 0. The van der Waals surface area contributed by atoms with Gasteiger partial charge in [0.25, 0.3) is 0 Å². The summed E-state index contributed by atoms with van der Waals surface area (Å²) in [5.41, 5.74) is 3.24. The van der Waals surface area contributed by atoms with E-state index in [0.29, 0.717) is 12.3 Å². The summed E-state index contributed by atoms with van der Waals surface area (Å²) in [5.74, 6) is 0.297. The van der Waals surface area contributed by atoms with E-state index in [2.05, 4.69) is 5.32 Å². The number of phenols is 1. The molecule has 0 saturated heterocycles. The third-order valence-electron chi connectivity index (χ3n) is 2.55. The molecular formula is C14H19NO2. The van der Waals surface area contributed by atoms with E-state index in [1.165, 1.54) is 6.92 Å². The number of carbonyl (C=O) groups excluding carboxylic acids is 1. The second kappa shape index (κ2) is 6.09.